The molecular weight excluding hydrogens is 604 g/mol. The van der Waals surface area contributed by atoms with E-state index in [-0.39, 0.29) is 12.6 Å². The van der Waals surface area contributed by atoms with Gasteiger partial charge < -0.3 is 35.1 Å². The van der Waals surface area contributed by atoms with E-state index in [1.807, 2.05) is 50.6 Å². The van der Waals surface area contributed by atoms with Gasteiger partial charge in [-0.05, 0) is 88.8 Å². The van der Waals surface area contributed by atoms with Crippen molar-refractivity contribution < 1.29 is 33.0 Å². The molecule has 0 aliphatic carbocycles. The number of fused-ring (bicyclic) bond motifs is 1. The van der Waals surface area contributed by atoms with Crippen LogP contribution in [0.2, 0.25) is 0 Å². The van der Waals surface area contributed by atoms with Crippen LogP contribution in [-0.2, 0) is 27.3 Å². The number of H-pyrrole nitrogens is 1. The predicted octanol–water partition coefficient (Wildman–Crippen LogP) is 5.11. The predicted molar refractivity (Wildman–Crippen MR) is 174 cm³/mol. The van der Waals surface area contributed by atoms with Crippen LogP contribution >= 0.6 is 11.3 Å². The molecule has 1 fully saturated rings. The topological polar surface area (TPSA) is 137 Å². The number of aryl methyl sites for hydroxylation is 2. The summed E-state index contributed by atoms with van der Waals surface area (Å²) >= 11 is 1.71. The Labute approximate surface area is 266 Å². The number of carbonyl (C=O) groups excluding carboxylic acids is 3. The summed E-state index contributed by atoms with van der Waals surface area (Å²) < 4.78 is 25.5. The van der Waals surface area contributed by atoms with Crippen molar-refractivity contribution in [2.45, 2.75) is 52.3 Å². The Morgan fingerprint density at radius 2 is 1.96 bits per heavy atom. The Balaban J connectivity index is 0.000000303. The maximum atomic E-state index is 10.2. The Bertz CT molecular complexity index is 1340. The Hall–Kier alpha value is -4.04. The first kappa shape index (κ1) is 39.0. The number of rotatable bonds is 9. The van der Waals surface area contributed by atoms with E-state index in [2.05, 4.69) is 57.5 Å². The average molecular weight is 648 g/mol. The minimum Gasteiger partial charge on any atom is -0.447 e. The monoisotopic (exact) mass is 647 g/mol. The second-order valence-electron chi connectivity index (χ2n) is 9.58. The fourth-order valence-electron chi connectivity index (χ4n) is 3.92. The molecule has 5 rings (SSSR count). The first-order valence-corrected chi connectivity index (χ1v) is 15.1. The molecule has 0 bridgehead atoms. The number of alkyl halides is 2. The number of benzene rings is 1. The number of nitrogens with one attached hydrogen (secondary N) is 3. The Kier molecular flexibility index (Phi) is 20.2. The molecule has 13 heteroatoms. The molecule has 45 heavy (non-hydrogen) atoms. The largest absolute Gasteiger partial charge is 0.447 e. The van der Waals surface area contributed by atoms with Crippen LogP contribution < -0.4 is 15.4 Å². The van der Waals surface area contributed by atoms with Crippen LogP contribution in [0.25, 0.3) is 10.9 Å². The van der Waals surface area contributed by atoms with Crippen molar-refractivity contribution in [3.8, 4) is 10.8 Å². The molecule has 1 amide bonds. The molecule has 0 radical (unpaired) electrons. The highest BCUT2D eigenvalue weighted by molar-refractivity contribution is 7.13. The van der Waals surface area contributed by atoms with E-state index in [0.29, 0.717) is 12.7 Å². The molecular formula is C32H43F2N5O5S. The number of aldehydes is 2. The number of aromatic amines is 1. The normalized spacial score (nSPS) is 13.5. The number of nitrogens with zero attached hydrogens (tertiary/aromatic N) is 2. The average Bonchev–Trinajstić information content (AvgIpc) is 3.76. The molecule has 1 saturated heterocycles. The SMILES string of the molecule is CCc1ccc(Oc2cccc(C)c2)s1.CN1CCCC1C=O.CNCc1cc2cnccc2[nH]1.O=CCNC=O.OC(F)F. The molecule has 3 aromatic heterocycles. The van der Waals surface area contributed by atoms with Crippen LogP contribution in [-0.4, -0.2) is 78.8 Å². The molecule has 0 spiro atoms. The maximum absolute atomic E-state index is 10.2. The van der Waals surface area contributed by atoms with Crippen molar-refractivity contribution in [2.75, 3.05) is 27.2 Å². The number of likely N-dealkylation sites (tertiary alicyclic amines) is 1. The summed E-state index contributed by atoms with van der Waals surface area (Å²) in [6.07, 6.45) is 9.10. The van der Waals surface area contributed by atoms with Gasteiger partial charge in [0, 0.05) is 40.4 Å². The van der Waals surface area contributed by atoms with Gasteiger partial charge in [0.1, 0.15) is 18.3 Å². The number of aromatic nitrogens is 2. The molecule has 4 aromatic rings. The summed E-state index contributed by atoms with van der Waals surface area (Å²) in [5.41, 5.74) is 3.57. The minimum atomic E-state index is -3.17. The van der Waals surface area contributed by atoms with Gasteiger partial charge in [-0.1, -0.05) is 19.1 Å². The first-order chi connectivity index (χ1) is 21.7. The number of hydrogen-bond acceptors (Lipinski definition) is 9. The number of carbonyl (C=O) groups is 3. The van der Waals surface area contributed by atoms with Crippen LogP contribution in [0.15, 0.2) is 60.9 Å². The van der Waals surface area contributed by atoms with Crippen LogP contribution in [0.4, 0.5) is 8.78 Å². The van der Waals surface area contributed by atoms with Crippen LogP contribution in [0.5, 0.6) is 10.8 Å². The van der Waals surface area contributed by atoms with E-state index in [1.54, 1.807) is 17.5 Å². The van der Waals surface area contributed by atoms with Gasteiger partial charge in [0.25, 0.3) is 0 Å². The maximum Gasteiger partial charge on any atom is 0.342 e. The second kappa shape index (κ2) is 23.4. The number of aliphatic hydroxyl groups is 1. The number of ether oxygens (including phenoxy) is 1. The van der Waals surface area contributed by atoms with Crippen molar-refractivity contribution >= 4 is 41.2 Å². The summed E-state index contributed by atoms with van der Waals surface area (Å²) in [6.45, 7) is 3.13. The number of thiophene rings is 1. The fourth-order valence-corrected chi connectivity index (χ4v) is 4.73. The van der Waals surface area contributed by atoms with Crippen molar-refractivity contribution in [3.63, 3.8) is 0 Å². The van der Waals surface area contributed by atoms with Crippen LogP contribution in [0, 0.1) is 6.92 Å². The Morgan fingerprint density at radius 3 is 2.44 bits per heavy atom. The molecule has 4 N–H and O–H groups in total. The van der Waals surface area contributed by atoms with Crippen LogP contribution in [0.3, 0.4) is 0 Å². The number of aliphatic hydroxyl groups excluding tert-OH is 1. The highest BCUT2D eigenvalue weighted by atomic mass is 32.1. The van der Waals surface area contributed by atoms with E-state index in [9.17, 15) is 23.2 Å². The van der Waals surface area contributed by atoms with Gasteiger partial charge in [-0.3, -0.25) is 14.7 Å². The zero-order valence-electron chi connectivity index (χ0n) is 26.0. The van der Waals surface area contributed by atoms with Gasteiger partial charge in [0.15, 0.2) is 5.06 Å². The van der Waals surface area contributed by atoms with Gasteiger partial charge in [-0.25, -0.2) is 0 Å². The molecule has 10 nitrogen and oxygen atoms in total. The molecule has 0 saturated carbocycles. The second-order valence-corrected chi connectivity index (χ2v) is 10.7. The van der Waals surface area contributed by atoms with Crippen molar-refractivity contribution in [2.24, 2.45) is 0 Å². The lowest BCUT2D eigenvalue weighted by molar-refractivity contribution is -0.113. The molecule has 1 aliphatic rings. The lowest BCUT2D eigenvalue weighted by atomic mass is 10.2. The first-order valence-electron chi connectivity index (χ1n) is 14.3. The third kappa shape index (κ3) is 17.1. The van der Waals surface area contributed by atoms with Gasteiger partial charge in [-0.15, -0.1) is 11.3 Å². The third-order valence-electron chi connectivity index (χ3n) is 6.06. The number of hydrogen-bond donors (Lipinski definition) is 4. The quantitative estimate of drug-likeness (QED) is 0.146. The van der Waals surface area contributed by atoms with Gasteiger partial charge in [0.05, 0.1) is 12.6 Å². The summed E-state index contributed by atoms with van der Waals surface area (Å²) in [5.74, 6) is 0.916. The van der Waals surface area contributed by atoms with E-state index in [0.717, 1.165) is 48.5 Å². The molecule has 1 aromatic carbocycles. The zero-order chi connectivity index (χ0) is 33.5. The van der Waals surface area contributed by atoms with E-state index < -0.39 is 6.61 Å². The molecule has 246 valence electrons. The van der Waals surface area contributed by atoms with Gasteiger partial charge in [0.2, 0.25) is 6.41 Å². The molecule has 4 heterocycles. The van der Waals surface area contributed by atoms with Gasteiger partial charge in [-0.2, -0.15) is 8.78 Å². The summed E-state index contributed by atoms with van der Waals surface area (Å²) in [7, 11) is 3.93. The highest BCUT2D eigenvalue weighted by Gasteiger charge is 2.18. The number of likely N-dealkylation sites (N-methyl/N-ethyl adjacent to an activating group) is 1. The summed E-state index contributed by atoms with van der Waals surface area (Å²) in [4.78, 5) is 39.6. The zero-order valence-corrected chi connectivity index (χ0v) is 26.9. The fraction of sp³-hybridized carbons (Fsp3) is 0.375. The molecule has 1 unspecified atom stereocenters. The van der Waals surface area contributed by atoms with Crippen LogP contribution in [0.1, 0.15) is 35.9 Å². The van der Waals surface area contributed by atoms with Crippen molar-refractivity contribution in [1.29, 1.82) is 0 Å². The van der Waals surface area contributed by atoms with Crippen molar-refractivity contribution in [3.05, 3.63) is 77.1 Å². The van der Waals surface area contributed by atoms with E-state index >= 15 is 0 Å². The number of pyridine rings is 1. The van der Waals surface area contributed by atoms with Gasteiger partial charge >= 0.3 is 6.61 Å². The highest BCUT2D eigenvalue weighted by Crippen LogP contribution is 2.29. The lowest BCUT2D eigenvalue weighted by Crippen LogP contribution is -2.25. The van der Waals surface area contributed by atoms with Crippen molar-refractivity contribution in [1.82, 2.24) is 25.5 Å². The summed E-state index contributed by atoms with van der Waals surface area (Å²) in [5, 5.41) is 14.1. The summed E-state index contributed by atoms with van der Waals surface area (Å²) in [6, 6.07) is 16.6. The third-order valence-corrected chi connectivity index (χ3v) is 7.16. The standard InChI is InChI=1S/C13H14OS.C9H11N3.C6H11NO.C3H5NO2.CH2F2O/c1-3-12-7-8-13(15-12)14-11-6-4-5-10(2)9-11;1-10-6-8-4-7-5-11-3-2-9(7)12-8;1-7-4-2-3-6(7)5-8;5-2-1-4-3-6;2-1(3)4/h4-9H,3H2,1-2H3;2-5,10,12H,6H2,1H3;5-6H,2-4H2,1H3;2-3H,1H2,(H,4,6);1,4H. The minimum absolute atomic E-state index is 0.115. The number of halogens is 2. The lowest BCUT2D eigenvalue weighted by Gasteiger charge is -2.10. The van der Waals surface area contributed by atoms with E-state index in [1.165, 1.54) is 27.9 Å². The smallest absolute Gasteiger partial charge is 0.342 e. The molecule has 1 aliphatic heterocycles. The van der Waals surface area contributed by atoms with E-state index in [4.69, 9.17) is 9.84 Å². The molecule has 1 atom stereocenters. The Morgan fingerprint density at radius 1 is 1.20 bits per heavy atom. The number of amides is 1.